The standard InChI is InChI=1S/C9H16O/c1-5-3-7-4-8(5)9(10)6(7)2/h5-10H,3-4H2,1-2H3/t5?,6?,7-,8?,9?/m0/s1. The predicted molar refractivity (Wildman–Crippen MR) is 40.5 cm³/mol. The van der Waals surface area contributed by atoms with Crippen LogP contribution in [0.2, 0.25) is 0 Å². The van der Waals surface area contributed by atoms with E-state index in [1.54, 1.807) is 0 Å². The molecule has 1 heteroatoms. The minimum absolute atomic E-state index is 0.0220. The molecule has 0 aromatic heterocycles. The van der Waals surface area contributed by atoms with Crippen molar-refractivity contribution < 1.29 is 5.11 Å². The van der Waals surface area contributed by atoms with Gasteiger partial charge in [-0.05, 0) is 36.5 Å². The van der Waals surface area contributed by atoms with Crippen molar-refractivity contribution in [1.29, 1.82) is 0 Å². The van der Waals surface area contributed by atoms with Crippen molar-refractivity contribution in [3.63, 3.8) is 0 Å². The summed E-state index contributed by atoms with van der Waals surface area (Å²) in [6.45, 7) is 4.47. The van der Waals surface area contributed by atoms with Crippen molar-refractivity contribution in [1.82, 2.24) is 0 Å². The Morgan fingerprint density at radius 1 is 1.20 bits per heavy atom. The van der Waals surface area contributed by atoms with Crippen LogP contribution in [0.1, 0.15) is 26.7 Å². The lowest BCUT2D eigenvalue weighted by molar-refractivity contribution is 0.0438. The van der Waals surface area contributed by atoms with E-state index in [4.69, 9.17) is 0 Å². The van der Waals surface area contributed by atoms with Crippen molar-refractivity contribution in [3.05, 3.63) is 0 Å². The highest BCUT2D eigenvalue weighted by Crippen LogP contribution is 2.51. The minimum atomic E-state index is 0.0220. The molecule has 0 aliphatic heterocycles. The molecule has 10 heavy (non-hydrogen) atoms. The molecule has 0 aromatic carbocycles. The zero-order chi connectivity index (χ0) is 7.30. The van der Waals surface area contributed by atoms with Crippen LogP contribution in [-0.4, -0.2) is 11.2 Å². The molecule has 2 fully saturated rings. The Bertz CT molecular complexity index is 142. The Morgan fingerprint density at radius 2 is 1.90 bits per heavy atom. The van der Waals surface area contributed by atoms with E-state index >= 15 is 0 Å². The van der Waals surface area contributed by atoms with Gasteiger partial charge in [-0.25, -0.2) is 0 Å². The van der Waals surface area contributed by atoms with Crippen molar-refractivity contribution in [3.8, 4) is 0 Å². The van der Waals surface area contributed by atoms with Gasteiger partial charge in [0.2, 0.25) is 0 Å². The third kappa shape index (κ3) is 0.672. The van der Waals surface area contributed by atoms with E-state index in [2.05, 4.69) is 13.8 Å². The molecule has 58 valence electrons. The topological polar surface area (TPSA) is 20.2 Å². The molecule has 1 N–H and O–H groups in total. The zero-order valence-corrected chi connectivity index (χ0v) is 6.75. The number of aliphatic hydroxyl groups excluding tert-OH is 1. The highest BCUT2D eigenvalue weighted by Gasteiger charge is 2.48. The van der Waals surface area contributed by atoms with Crippen LogP contribution in [0.4, 0.5) is 0 Å². The maximum absolute atomic E-state index is 9.66. The second-order valence-electron chi connectivity index (χ2n) is 4.22. The van der Waals surface area contributed by atoms with Crippen molar-refractivity contribution in [2.75, 3.05) is 0 Å². The first-order chi connectivity index (χ1) is 4.70. The quantitative estimate of drug-likeness (QED) is 0.542. The molecule has 2 saturated carbocycles. The largest absolute Gasteiger partial charge is 0.393 e. The van der Waals surface area contributed by atoms with Crippen LogP contribution in [0.3, 0.4) is 0 Å². The van der Waals surface area contributed by atoms with Crippen LogP contribution in [0, 0.1) is 23.7 Å². The smallest absolute Gasteiger partial charge is 0.0599 e. The second kappa shape index (κ2) is 1.97. The van der Waals surface area contributed by atoms with Gasteiger partial charge in [0.25, 0.3) is 0 Å². The van der Waals surface area contributed by atoms with Gasteiger partial charge in [0, 0.05) is 0 Å². The third-order valence-corrected chi connectivity index (χ3v) is 3.70. The molecule has 1 nitrogen and oxygen atoms in total. The van der Waals surface area contributed by atoms with Crippen LogP contribution >= 0.6 is 0 Å². The monoisotopic (exact) mass is 140 g/mol. The van der Waals surface area contributed by atoms with Gasteiger partial charge < -0.3 is 5.11 Å². The molecular weight excluding hydrogens is 124 g/mol. The average Bonchev–Trinajstić information content (AvgIpc) is 2.36. The van der Waals surface area contributed by atoms with Crippen molar-refractivity contribution in [2.45, 2.75) is 32.8 Å². The van der Waals surface area contributed by atoms with E-state index in [-0.39, 0.29) is 6.10 Å². The first-order valence-corrected chi connectivity index (χ1v) is 4.38. The number of hydrogen-bond donors (Lipinski definition) is 1. The van der Waals surface area contributed by atoms with Gasteiger partial charge in [0.1, 0.15) is 0 Å². The fourth-order valence-corrected chi connectivity index (χ4v) is 2.90. The first-order valence-electron chi connectivity index (χ1n) is 4.38. The van der Waals surface area contributed by atoms with Crippen LogP contribution in [-0.2, 0) is 0 Å². The number of hydrogen-bond acceptors (Lipinski definition) is 1. The Hall–Kier alpha value is -0.0400. The molecular formula is C9H16O. The summed E-state index contributed by atoms with van der Waals surface area (Å²) in [5, 5.41) is 9.66. The Kier molecular flexibility index (Phi) is 1.31. The van der Waals surface area contributed by atoms with Gasteiger partial charge in [-0.3, -0.25) is 0 Å². The van der Waals surface area contributed by atoms with Gasteiger partial charge >= 0.3 is 0 Å². The van der Waals surface area contributed by atoms with E-state index < -0.39 is 0 Å². The molecule has 0 radical (unpaired) electrons. The third-order valence-electron chi connectivity index (χ3n) is 3.70. The highest BCUT2D eigenvalue weighted by atomic mass is 16.3. The Balaban J connectivity index is 2.16. The van der Waals surface area contributed by atoms with Gasteiger partial charge in [-0.2, -0.15) is 0 Å². The fraction of sp³-hybridized carbons (Fsp3) is 1.00. The number of aliphatic hydroxyl groups is 1. The summed E-state index contributed by atoms with van der Waals surface area (Å²) in [5.74, 6) is 2.85. The van der Waals surface area contributed by atoms with Crippen LogP contribution in [0.25, 0.3) is 0 Å². The Morgan fingerprint density at radius 3 is 2.30 bits per heavy atom. The maximum atomic E-state index is 9.66. The lowest BCUT2D eigenvalue weighted by Crippen LogP contribution is -2.29. The summed E-state index contributed by atoms with van der Waals surface area (Å²) in [4.78, 5) is 0. The summed E-state index contributed by atoms with van der Waals surface area (Å²) in [6.07, 6.45) is 2.68. The van der Waals surface area contributed by atoms with Crippen LogP contribution in [0.5, 0.6) is 0 Å². The molecule has 2 bridgehead atoms. The van der Waals surface area contributed by atoms with Gasteiger partial charge in [-0.15, -0.1) is 0 Å². The Labute approximate surface area is 62.4 Å². The highest BCUT2D eigenvalue weighted by molar-refractivity contribution is 4.97. The SMILES string of the molecule is CC1C[C@H]2CC1C(O)C2C. The molecule has 0 spiro atoms. The van der Waals surface area contributed by atoms with Gasteiger partial charge in [0.05, 0.1) is 6.10 Å². The van der Waals surface area contributed by atoms with Gasteiger partial charge in [-0.1, -0.05) is 13.8 Å². The summed E-state index contributed by atoms with van der Waals surface area (Å²) in [7, 11) is 0. The zero-order valence-electron chi connectivity index (χ0n) is 6.75. The van der Waals surface area contributed by atoms with Crippen molar-refractivity contribution in [2.24, 2.45) is 23.7 Å². The van der Waals surface area contributed by atoms with E-state index in [9.17, 15) is 5.11 Å². The molecule has 2 rings (SSSR count). The van der Waals surface area contributed by atoms with E-state index in [1.165, 1.54) is 12.8 Å². The molecule has 0 aromatic rings. The average molecular weight is 140 g/mol. The lowest BCUT2D eigenvalue weighted by Gasteiger charge is -2.28. The second-order valence-corrected chi connectivity index (χ2v) is 4.22. The van der Waals surface area contributed by atoms with Crippen molar-refractivity contribution >= 4 is 0 Å². The summed E-state index contributed by atoms with van der Waals surface area (Å²) in [5.41, 5.74) is 0. The molecule has 4 unspecified atom stereocenters. The first kappa shape index (κ1) is 6.66. The summed E-state index contributed by atoms with van der Waals surface area (Å²) in [6, 6.07) is 0. The summed E-state index contributed by atoms with van der Waals surface area (Å²) < 4.78 is 0. The predicted octanol–water partition coefficient (Wildman–Crippen LogP) is 1.66. The molecule has 2 aliphatic rings. The maximum Gasteiger partial charge on any atom is 0.0599 e. The number of fused-ring (bicyclic) bond motifs is 2. The lowest BCUT2D eigenvalue weighted by atomic mass is 9.82. The number of rotatable bonds is 0. The van der Waals surface area contributed by atoms with E-state index in [0.29, 0.717) is 11.8 Å². The molecule has 0 saturated heterocycles. The minimum Gasteiger partial charge on any atom is -0.393 e. The molecule has 0 amide bonds. The van der Waals surface area contributed by atoms with Gasteiger partial charge in [0.15, 0.2) is 0 Å². The summed E-state index contributed by atoms with van der Waals surface area (Å²) >= 11 is 0. The molecule has 0 heterocycles. The van der Waals surface area contributed by atoms with Crippen LogP contribution in [0.15, 0.2) is 0 Å². The molecule has 5 atom stereocenters. The van der Waals surface area contributed by atoms with E-state index in [0.717, 1.165) is 11.8 Å². The van der Waals surface area contributed by atoms with Crippen LogP contribution < -0.4 is 0 Å². The normalized spacial score (nSPS) is 59.7. The van der Waals surface area contributed by atoms with E-state index in [1.807, 2.05) is 0 Å². The molecule has 2 aliphatic carbocycles. The fourth-order valence-electron chi connectivity index (χ4n) is 2.90.